The third-order valence-electron chi connectivity index (χ3n) is 3.00. The molecule has 0 bridgehead atoms. The molecule has 13 heavy (non-hydrogen) atoms. The summed E-state index contributed by atoms with van der Waals surface area (Å²) in [7, 11) is 0. The summed E-state index contributed by atoms with van der Waals surface area (Å²) in [6, 6.07) is 0. The first-order valence-corrected chi connectivity index (χ1v) is 7.16. The zero-order valence-electron chi connectivity index (χ0n) is 8.88. The zero-order valence-corrected chi connectivity index (χ0v) is 10.6. The molecule has 1 fully saturated rings. The van der Waals surface area contributed by atoms with Gasteiger partial charge in [0, 0.05) is 0 Å². The van der Waals surface area contributed by atoms with E-state index >= 15 is 0 Å². The molecule has 1 rings (SSSR count). The molecular weight excluding hydrogens is 196 g/mol. The first-order valence-electron chi connectivity index (χ1n) is 5.37. The summed E-state index contributed by atoms with van der Waals surface area (Å²) in [5.74, 6) is 4.65. The van der Waals surface area contributed by atoms with Gasteiger partial charge in [-0.1, -0.05) is 20.3 Å². The predicted molar refractivity (Wildman–Crippen MR) is 66.9 cm³/mol. The van der Waals surface area contributed by atoms with Gasteiger partial charge in [0.25, 0.3) is 0 Å². The zero-order chi connectivity index (χ0) is 9.73. The highest BCUT2D eigenvalue weighted by molar-refractivity contribution is 7.99. The normalized spacial score (nSPS) is 20.3. The molecule has 0 unspecified atom stereocenters. The molecular formula is C11H22S2. The minimum absolute atomic E-state index is 0.630. The van der Waals surface area contributed by atoms with E-state index in [1.165, 1.54) is 37.2 Å². The van der Waals surface area contributed by atoms with E-state index in [2.05, 4.69) is 38.2 Å². The Bertz CT molecular complexity index is 134. The molecule has 0 aromatic rings. The Morgan fingerprint density at radius 2 is 2.08 bits per heavy atom. The van der Waals surface area contributed by atoms with Crippen LogP contribution in [0.5, 0.6) is 0 Å². The minimum atomic E-state index is 0.630. The van der Waals surface area contributed by atoms with E-state index in [4.69, 9.17) is 0 Å². The van der Waals surface area contributed by atoms with Crippen LogP contribution in [-0.2, 0) is 0 Å². The van der Waals surface area contributed by atoms with Crippen LogP contribution in [0.2, 0.25) is 0 Å². The Hall–Kier alpha value is 0.700. The molecule has 0 heterocycles. The summed E-state index contributed by atoms with van der Waals surface area (Å²) in [4.78, 5) is 0. The van der Waals surface area contributed by atoms with Gasteiger partial charge >= 0.3 is 0 Å². The van der Waals surface area contributed by atoms with Crippen molar-refractivity contribution in [3.63, 3.8) is 0 Å². The molecule has 0 amide bonds. The molecule has 0 aromatic carbocycles. The molecule has 0 aromatic heterocycles. The molecule has 1 aliphatic carbocycles. The monoisotopic (exact) mass is 218 g/mol. The smallest absolute Gasteiger partial charge is 0.000299 e. The topological polar surface area (TPSA) is 0 Å². The molecule has 0 radical (unpaired) electrons. The summed E-state index contributed by atoms with van der Waals surface area (Å²) in [6.07, 6.45) is 5.65. The second-order valence-electron chi connectivity index (χ2n) is 4.75. The predicted octanol–water partition coefficient (Wildman–Crippen LogP) is 3.87. The van der Waals surface area contributed by atoms with Crippen molar-refractivity contribution in [2.24, 2.45) is 11.3 Å². The van der Waals surface area contributed by atoms with Crippen molar-refractivity contribution >= 4 is 24.4 Å². The van der Waals surface area contributed by atoms with Crippen molar-refractivity contribution in [1.82, 2.24) is 0 Å². The van der Waals surface area contributed by atoms with Gasteiger partial charge in [0.1, 0.15) is 0 Å². The van der Waals surface area contributed by atoms with Gasteiger partial charge < -0.3 is 0 Å². The van der Waals surface area contributed by atoms with Gasteiger partial charge in [-0.2, -0.15) is 24.4 Å². The fourth-order valence-corrected chi connectivity index (χ4v) is 3.82. The van der Waals surface area contributed by atoms with E-state index in [0.29, 0.717) is 5.41 Å². The lowest BCUT2D eigenvalue weighted by Crippen LogP contribution is -2.33. The minimum Gasteiger partial charge on any atom is -0.179 e. The Morgan fingerprint density at radius 3 is 2.46 bits per heavy atom. The molecule has 78 valence electrons. The third-order valence-corrected chi connectivity index (χ3v) is 5.01. The third kappa shape index (κ3) is 3.75. The van der Waals surface area contributed by atoms with Crippen molar-refractivity contribution in [1.29, 1.82) is 0 Å². The van der Waals surface area contributed by atoms with Gasteiger partial charge in [0.2, 0.25) is 0 Å². The number of thiol groups is 1. The van der Waals surface area contributed by atoms with Crippen LogP contribution in [0.25, 0.3) is 0 Å². The molecule has 0 nitrogen and oxygen atoms in total. The average molecular weight is 218 g/mol. The maximum atomic E-state index is 4.46. The first kappa shape index (κ1) is 11.8. The Balaban J connectivity index is 2.04. The van der Waals surface area contributed by atoms with E-state index in [1.807, 2.05) is 0 Å². The van der Waals surface area contributed by atoms with Gasteiger partial charge in [-0.3, -0.25) is 0 Å². The maximum Gasteiger partial charge on any atom is -0.000299 e. The quantitative estimate of drug-likeness (QED) is 0.522. The lowest BCUT2D eigenvalue weighted by atomic mass is 9.72. The van der Waals surface area contributed by atoms with Gasteiger partial charge in [0.15, 0.2) is 0 Å². The van der Waals surface area contributed by atoms with Crippen LogP contribution in [0.4, 0.5) is 0 Å². The van der Waals surface area contributed by atoms with Crippen LogP contribution in [0.3, 0.4) is 0 Å². The average Bonchev–Trinajstić information content (AvgIpc) is 2.01. The van der Waals surface area contributed by atoms with Crippen LogP contribution in [0.1, 0.15) is 39.5 Å². The highest BCUT2D eigenvalue weighted by Gasteiger charge is 2.34. The van der Waals surface area contributed by atoms with E-state index < -0.39 is 0 Å². The molecule has 0 spiro atoms. The van der Waals surface area contributed by atoms with Crippen molar-refractivity contribution in [2.45, 2.75) is 39.5 Å². The van der Waals surface area contributed by atoms with Crippen LogP contribution >= 0.6 is 24.4 Å². The summed E-state index contributed by atoms with van der Waals surface area (Å²) in [5.41, 5.74) is 0.630. The van der Waals surface area contributed by atoms with E-state index in [-0.39, 0.29) is 0 Å². The summed E-state index contributed by atoms with van der Waals surface area (Å²) < 4.78 is 0. The van der Waals surface area contributed by atoms with Crippen LogP contribution < -0.4 is 0 Å². The van der Waals surface area contributed by atoms with Crippen molar-refractivity contribution in [3.8, 4) is 0 Å². The fourth-order valence-electron chi connectivity index (χ4n) is 1.63. The lowest BCUT2D eigenvalue weighted by molar-refractivity contribution is 0.205. The van der Waals surface area contributed by atoms with E-state index in [0.717, 1.165) is 11.7 Å². The fraction of sp³-hybridized carbons (Fsp3) is 1.00. The maximum absolute atomic E-state index is 4.46. The molecule has 0 atom stereocenters. The van der Waals surface area contributed by atoms with Gasteiger partial charge in [0.05, 0.1) is 0 Å². The molecule has 2 heteroatoms. The van der Waals surface area contributed by atoms with Gasteiger partial charge in [-0.05, 0) is 47.9 Å². The van der Waals surface area contributed by atoms with Gasteiger partial charge in [-0.25, -0.2) is 0 Å². The first-order chi connectivity index (χ1) is 6.18. The number of hydrogen-bond acceptors (Lipinski definition) is 2. The molecule has 1 saturated carbocycles. The Kier molecular flexibility index (Phi) is 5.03. The van der Waals surface area contributed by atoms with E-state index in [1.54, 1.807) is 0 Å². The second-order valence-corrected chi connectivity index (χ2v) is 6.17. The Morgan fingerprint density at radius 1 is 1.38 bits per heavy atom. The largest absolute Gasteiger partial charge is 0.179 e. The van der Waals surface area contributed by atoms with Crippen LogP contribution in [-0.4, -0.2) is 17.3 Å². The molecule has 0 N–H and O–H groups in total. The lowest BCUT2D eigenvalue weighted by Gasteiger charge is -2.40. The van der Waals surface area contributed by atoms with Crippen molar-refractivity contribution in [2.75, 3.05) is 17.3 Å². The van der Waals surface area contributed by atoms with E-state index in [9.17, 15) is 0 Å². The molecule has 0 saturated heterocycles. The highest BCUT2D eigenvalue weighted by Crippen LogP contribution is 2.44. The summed E-state index contributed by atoms with van der Waals surface area (Å²) >= 11 is 6.60. The summed E-state index contributed by atoms with van der Waals surface area (Å²) in [5, 5.41) is 0. The highest BCUT2D eigenvalue weighted by atomic mass is 32.2. The van der Waals surface area contributed by atoms with Crippen LogP contribution in [0.15, 0.2) is 0 Å². The molecule has 0 aliphatic heterocycles. The van der Waals surface area contributed by atoms with Gasteiger partial charge in [-0.15, -0.1) is 0 Å². The number of thioether (sulfide) groups is 1. The summed E-state index contributed by atoms with van der Waals surface area (Å²) in [6.45, 7) is 4.61. The number of rotatable bonds is 6. The SMILES string of the molecule is CC(C)CCSCC1(CS)CCC1. The Labute approximate surface area is 92.7 Å². The second kappa shape index (κ2) is 5.55. The standard InChI is InChI=1S/C11H22S2/c1-10(2)4-7-13-9-11(8-12)5-3-6-11/h10,12H,3-9H2,1-2H3. The van der Waals surface area contributed by atoms with Crippen LogP contribution in [0, 0.1) is 11.3 Å². The number of hydrogen-bond donors (Lipinski definition) is 1. The van der Waals surface area contributed by atoms with Crippen molar-refractivity contribution < 1.29 is 0 Å². The van der Waals surface area contributed by atoms with Crippen molar-refractivity contribution in [3.05, 3.63) is 0 Å². The molecule has 1 aliphatic rings.